The van der Waals surface area contributed by atoms with Crippen molar-refractivity contribution >= 4 is 23.2 Å². The first kappa shape index (κ1) is 26.7. The van der Waals surface area contributed by atoms with Crippen LogP contribution in [-0.2, 0) is 16.1 Å². The van der Waals surface area contributed by atoms with Gasteiger partial charge >= 0.3 is 0 Å². The predicted molar refractivity (Wildman–Crippen MR) is 140 cm³/mol. The predicted octanol–water partition coefficient (Wildman–Crippen LogP) is 4.40. The minimum atomic E-state index is -0.272. The molecule has 0 radical (unpaired) electrons. The summed E-state index contributed by atoms with van der Waals surface area (Å²) in [5.74, 6) is 0.346. The quantitative estimate of drug-likeness (QED) is 0.613. The van der Waals surface area contributed by atoms with Crippen LogP contribution in [0.2, 0.25) is 0 Å². The maximum atomic E-state index is 13.4. The number of nitrogens with zero attached hydrogens (tertiary/aromatic N) is 4. The number of benzene rings is 2. The van der Waals surface area contributed by atoms with Crippen LogP contribution in [0.5, 0.6) is 0 Å². The second-order valence-electron chi connectivity index (χ2n) is 9.81. The SMILES string of the molecule is CC(=O)N1CCCN(CC(C)C)CCN(C(=O)CCN(C)c2ccc(F)cc2)Cc2ccccc21. The van der Waals surface area contributed by atoms with E-state index in [4.69, 9.17) is 0 Å². The molecule has 0 saturated carbocycles. The van der Waals surface area contributed by atoms with Crippen molar-refractivity contribution in [2.45, 2.75) is 40.2 Å². The van der Waals surface area contributed by atoms with Crippen molar-refractivity contribution in [3.63, 3.8) is 0 Å². The maximum absolute atomic E-state index is 13.4. The molecule has 0 atom stereocenters. The third-order valence-electron chi connectivity index (χ3n) is 6.47. The van der Waals surface area contributed by atoms with Crippen molar-refractivity contribution in [3.8, 4) is 0 Å². The highest BCUT2D eigenvalue weighted by molar-refractivity contribution is 5.92. The van der Waals surface area contributed by atoms with Gasteiger partial charge in [0.25, 0.3) is 0 Å². The Kier molecular flexibility index (Phi) is 9.66. The molecule has 0 aromatic heterocycles. The number of carbonyl (C=O) groups excluding carboxylic acids is 2. The number of carbonyl (C=O) groups is 2. The van der Waals surface area contributed by atoms with Gasteiger partial charge in [-0.15, -0.1) is 0 Å². The molecule has 2 aromatic rings. The lowest BCUT2D eigenvalue weighted by molar-refractivity contribution is -0.131. The van der Waals surface area contributed by atoms with Gasteiger partial charge in [0.2, 0.25) is 11.8 Å². The molecule has 1 aliphatic heterocycles. The van der Waals surface area contributed by atoms with Crippen LogP contribution in [0.1, 0.15) is 39.2 Å². The smallest absolute Gasteiger partial charge is 0.224 e. The zero-order valence-corrected chi connectivity index (χ0v) is 21.5. The van der Waals surface area contributed by atoms with E-state index < -0.39 is 0 Å². The number of anilines is 2. The maximum Gasteiger partial charge on any atom is 0.224 e. The summed E-state index contributed by atoms with van der Waals surface area (Å²) >= 11 is 0. The van der Waals surface area contributed by atoms with Gasteiger partial charge in [0.1, 0.15) is 5.82 Å². The summed E-state index contributed by atoms with van der Waals surface area (Å²) in [6, 6.07) is 14.2. The summed E-state index contributed by atoms with van der Waals surface area (Å²) in [5, 5.41) is 0. The molecule has 0 saturated heterocycles. The lowest BCUT2D eigenvalue weighted by Gasteiger charge is -2.29. The monoisotopic (exact) mass is 482 g/mol. The molecule has 2 amide bonds. The van der Waals surface area contributed by atoms with Gasteiger partial charge in [-0.1, -0.05) is 32.0 Å². The minimum absolute atomic E-state index is 0.0194. The van der Waals surface area contributed by atoms with Crippen molar-refractivity contribution in [3.05, 3.63) is 59.9 Å². The summed E-state index contributed by atoms with van der Waals surface area (Å²) in [5.41, 5.74) is 2.75. The van der Waals surface area contributed by atoms with E-state index in [2.05, 4.69) is 18.7 Å². The first-order valence-electron chi connectivity index (χ1n) is 12.6. The molecule has 0 spiro atoms. The van der Waals surface area contributed by atoms with Crippen LogP contribution >= 0.6 is 0 Å². The van der Waals surface area contributed by atoms with Crippen LogP contribution in [0.3, 0.4) is 0 Å². The second-order valence-corrected chi connectivity index (χ2v) is 9.81. The number of rotatable bonds is 6. The lowest BCUT2D eigenvalue weighted by Crippen LogP contribution is -2.40. The molecule has 6 nitrogen and oxygen atoms in total. The summed E-state index contributed by atoms with van der Waals surface area (Å²) in [4.78, 5) is 34.1. The van der Waals surface area contributed by atoms with E-state index >= 15 is 0 Å². The molecule has 7 heteroatoms. The van der Waals surface area contributed by atoms with Crippen molar-refractivity contribution < 1.29 is 14.0 Å². The van der Waals surface area contributed by atoms with Gasteiger partial charge in [-0.3, -0.25) is 9.59 Å². The number of para-hydroxylation sites is 1. The minimum Gasteiger partial charge on any atom is -0.374 e. The number of halogens is 1. The van der Waals surface area contributed by atoms with Crippen LogP contribution in [0.15, 0.2) is 48.5 Å². The van der Waals surface area contributed by atoms with Crippen molar-refractivity contribution in [1.29, 1.82) is 0 Å². The van der Waals surface area contributed by atoms with E-state index in [1.54, 1.807) is 19.1 Å². The molecule has 2 aromatic carbocycles. The molecule has 0 fully saturated rings. The molecular weight excluding hydrogens is 443 g/mol. The number of fused-ring (bicyclic) bond motifs is 1. The highest BCUT2D eigenvalue weighted by Crippen LogP contribution is 2.24. The van der Waals surface area contributed by atoms with E-state index in [0.717, 1.165) is 43.0 Å². The lowest BCUT2D eigenvalue weighted by atomic mass is 10.1. The van der Waals surface area contributed by atoms with Crippen molar-refractivity contribution in [1.82, 2.24) is 9.80 Å². The molecule has 35 heavy (non-hydrogen) atoms. The van der Waals surface area contributed by atoms with Gasteiger partial charge in [-0.05, 0) is 54.8 Å². The third kappa shape index (κ3) is 7.79. The molecule has 0 N–H and O–H groups in total. The summed E-state index contributed by atoms with van der Waals surface area (Å²) in [6.07, 6.45) is 1.24. The first-order chi connectivity index (χ1) is 16.7. The van der Waals surface area contributed by atoms with Crippen molar-refractivity contribution in [2.75, 3.05) is 56.1 Å². The van der Waals surface area contributed by atoms with Gasteiger partial charge in [-0.25, -0.2) is 4.39 Å². The third-order valence-corrected chi connectivity index (χ3v) is 6.47. The number of hydrogen-bond donors (Lipinski definition) is 0. The topological polar surface area (TPSA) is 47.1 Å². The van der Waals surface area contributed by atoms with E-state index in [1.807, 2.05) is 46.0 Å². The highest BCUT2D eigenvalue weighted by Gasteiger charge is 2.22. The molecular formula is C28H39FN4O2. The Balaban J connectivity index is 1.79. The van der Waals surface area contributed by atoms with Crippen LogP contribution in [0.25, 0.3) is 0 Å². The second kappa shape index (κ2) is 12.7. The Morgan fingerprint density at radius 3 is 2.40 bits per heavy atom. The molecule has 1 aliphatic rings. The fourth-order valence-electron chi connectivity index (χ4n) is 4.62. The van der Waals surface area contributed by atoms with Crippen LogP contribution in [-0.4, -0.2) is 67.9 Å². The molecule has 0 unspecified atom stereocenters. The van der Waals surface area contributed by atoms with E-state index in [1.165, 1.54) is 12.1 Å². The Hall–Kier alpha value is -2.93. The molecule has 0 aliphatic carbocycles. The van der Waals surface area contributed by atoms with Gasteiger partial charge < -0.3 is 19.6 Å². The van der Waals surface area contributed by atoms with E-state index in [-0.39, 0.29) is 17.6 Å². The zero-order valence-electron chi connectivity index (χ0n) is 21.5. The van der Waals surface area contributed by atoms with Gasteiger partial charge in [0.05, 0.1) is 0 Å². The fraction of sp³-hybridized carbons (Fsp3) is 0.500. The van der Waals surface area contributed by atoms with Gasteiger partial charge in [0, 0.05) is 71.0 Å². The number of amides is 2. The van der Waals surface area contributed by atoms with E-state index in [0.29, 0.717) is 38.5 Å². The van der Waals surface area contributed by atoms with Gasteiger partial charge in [0.15, 0.2) is 0 Å². The first-order valence-corrected chi connectivity index (χ1v) is 12.6. The molecule has 3 rings (SSSR count). The molecule has 0 bridgehead atoms. The summed E-state index contributed by atoms with van der Waals surface area (Å²) < 4.78 is 13.3. The highest BCUT2D eigenvalue weighted by atomic mass is 19.1. The van der Waals surface area contributed by atoms with Crippen molar-refractivity contribution in [2.24, 2.45) is 5.92 Å². The van der Waals surface area contributed by atoms with Gasteiger partial charge in [-0.2, -0.15) is 0 Å². The zero-order chi connectivity index (χ0) is 25.4. The fourth-order valence-corrected chi connectivity index (χ4v) is 4.62. The Morgan fingerprint density at radius 1 is 1.00 bits per heavy atom. The van der Waals surface area contributed by atoms with Crippen LogP contribution < -0.4 is 9.80 Å². The molecule has 1 heterocycles. The Morgan fingerprint density at radius 2 is 1.71 bits per heavy atom. The summed E-state index contributed by atoms with van der Waals surface area (Å²) in [6.45, 7) is 11.0. The average molecular weight is 483 g/mol. The summed E-state index contributed by atoms with van der Waals surface area (Å²) in [7, 11) is 1.91. The standard InChI is InChI=1S/C28H39FN4O2/c1-22(2)20-31-15-7-16-33(23(3)34)27-9-6-5-8-24(27)21-32(19-18-31)28(35)14-17-30(4)26-12-10-25(29)11-13-26/h5-6,8-13,22H,7,14-21H2,1-4H3. The largest absolute Gasteiger partial charge is 0.374 e. The number of hydrogen-bond acceptors (Lipinski definition) is 4. The van der Waals surface area contributed by atoms with E-state index in [9.17, 15) is 14.0 Å². The normalized spacial score (nSPS) is 15.5. The van der Waals surface area contributed by atoms with Crippen LogP contribution in [0, 0.1) is 11.7 Å². The Labute approximate surface area is 209 Å². The average Bonchev–Trinajstić information content (AvgIpc) is 2.85. The molecule has 190 valence electrons. The Bertz CT molecular complexity index is 979. The van der Waals surface area contributed by atoms with Crippen LogP contribution in [0.4, 0.5) is 15.8 Å².